The van der Waals surface area contributed by atoms with E-state index in [4.69, 9.17) is 26.6 Å². The van der Waals surface area contributed by atoms with Crippen molar-refractivity contribution in [2.45, 2.75) is 6.61 Å². The molecule has 0 aromatic heterocycles. The average molecular weight is 373 g/mol. The first kappa shape index (κ1) is 21.4. The maximum absolute atomic E-state index is 8.59. The summed E-state index contributed by atoms with van der Waals surface area (Å²) in [6.45, 7) is 0.374. The predicted molar refractivity (Wildman–Crippen MR) is 96.7 cm³/mol. The molecule has 6 N–H and O–H groups in total. The van der Waals surface area contributed by atoms with Gasteiger partial charge in [-0.3, -0.25) is 0 Å². The third kappa shape index (κ3) is 5.53. The van der Waals surface area contributed by atoms with E-state index in [1.54, 1.807) is 36.4 Å². The fourth-order valence-electron chi connectivity index (χ4n) is 1.78. The van der Waals surface area contributed by atoms with Gasteiger partial charge in [-0.2, -0.15) is 0 Å². The van der Waals surface area contributed by atoms with Crippen LogP contribution in [0.1, 0.15) is 16.7 Å². The van der Waals surface area contributed by atoms with E-state index in [2.05, 4.69) is 10.3 Å². The van der Waals surface area contributed by atoms with Gasteiger partial charge < -0.3 is 26.6 Å². The third-order valence-electron chi connectivity index (χ3n) is 3.02. The molecule has 2 aromatic carbocycles. The molecule has 24 heavy (non-hydrogen) atoms. The van der Waals surface area contributed by atoms with Gasteiger partial charge in [0.15, 0.2) is 11.7 Å². The van der Waals surface area contributed by atoms with Gasteiger partial charge in [0.1, 0.15) is 12.4 Å². The largest absolute Gasteiger partial charge is 0.489 e. The number of rotatable bonds is 5. The fourth-order valence-corrected chi connectivity index (χ4v) is 1.78. The number of nitrogens with zero attached hydrogens (tertiary/aromatic N) is 2. The highest BCUT2D eigenvalue weighted by molar-refractivity contribution is 5.97. The normalized spacial score (nSPS) is 11.2. The first-order valence-corrected chi connectivity index (χ1v) is 6.41. The maximum Gasteiger partial charge on any atom is 0.170 e. The first-order chi connectivity index (χ1) is 10.6. The molecule has 9 heteroatoms. The highest BCUT2D eigenvalue weighted by atomic mass is 35.5. The molecule has 0 aliphatic rings. The zero-order valence-electron chi connectivity index (χ0n) is 12.5. The minimum atomic E-state index is 0. The molecule has 0 unspecified atom stereocenters. The minimum absolute atomic E-state index is 0. The summed E-state index contributed by atoms with van der Waals surface area (Å²) in [6, 6.07) is 14.0. The molecule has 0 bridgehead atoms. The van der Waals surface area contributed by atoms with Gasteiger partial charge in [0.2, 0.25) is 0 Å². The van der Waals surface area contributed by atoms with Crippen molar-refractivity contribution in [3.05, 3.63) is 65.2 Å². The van der Waals surface area contributed by atoms with Crippen molar-refractivity contribution in [2.24, 2.45) is 21.8 Å². The lowest BCUT2D eigenvalue weighted by Crippen LogP contribution is -2.13. The van der Waals surface area contributed by atoms with E-state index < -0.39 is 0 Å². The van der Waals surface area contributed by atoms with Gasteiger partial charge in [0.25, 0.3) is 0 Å². The SMILES string of the molecule is Cl.Cl.N/C(=N\O)c1ccc(COc2ccc(/C(N)=N/O)cc2)cc1. The van der Waals surface area contributed by atoms with Crippen LogP contribution in [0.15, 0.2) is 58.8 Å². The first-order valence-electron chi connectivity index (χ1n) is 6.41. The molecule has 0 saturated heterocycles. The Labute approximate surface area is 151 Å². The van der Waals surface area contributed by atoms with Gasteiger partial charge in [0, 0.05) is 11.1 Å². The lowest BCUT2D eigenvalue weighted by atomic mass is 10.1. The van der Waals surface area contributed by atoms with Crippen LogP contribution in [0.5, 0.6) is 5.75 Å². The molecule has 0 spiro atoms. The highest BCUT2D eigenvalue weighted by Crippen LogP contribution is 2.14. The van der Waals surface area contributed by atoms with Gasteiger partial charge >= 0.3 is 0 Å². The van der Waals surface area contributed by atoms with Crippen LogP contribution in [-0.4, -0.2) is 22.1 Å². The molecule has 7 nitrogen and oxygen atoms in total. The number of amidine groups is 2. The molecule has 0 saturated carbocycles. The summed E-state index contributed by atoms with van der Waals surface area (Å²) in [7, 11) is 0. The Kier molecular flexibility index (Phi) is 9.07. The lowest BCUT2D eigenvalue weighted by molar-refractivity contribution is 0.306. The topological polar surface area (TPSA) is 126 Å². The van der Waals surface area contributed by atoms with Gasteiger partial charge in [-0.05, 0) is 29.8 Å². The second-order valence-electron chi connectivity index (χ2n) is 4.48. The van der Waals surface area contributed by atoms with Crippen LogP contribution in [0.3, 0.4) is 0 Å². The Balaban J connectivity index is 0.00000264. The van der Waals surface area contributed by atoms with Crippen LogP contribution in [0.2, 0.25) is 0 Å². The van der Waals surface area contributed by atoms with Crippen LogP contribution in [-0.2, 0) is 6.61 Å². The van der Waals surface area contributed by atoms with Gasteiger partial charge in [-0.25, -0.2) is 0 Å². The summed E-state index contributed by atoms with van der Waals surface area (Å²) in [6.07, 6.45) is 0. The van der Waals surface area contributed by atoms with Crippen LogP contribution in [0.4, 0.5) is 0 Å². The Morgan fingerprint density at radius 2 is 1.21 bits per heavy atom. The molecule has 130 valence electrons. The van der Waals surface area contributed by atoms with Gasteiger partial charge in [-0.1, -0.05) is 34.6 Å². The minimum Gasteiger partial charge on any atom is -0.489 e. The van der Waals surface area contributed by atoms with E-state index in [0.717, 1.165) is 5.56 Å². The van der Waals surface area contributed by atoms with Crippen molar-refractivity contribution in [1.82, 2.24) is 0 Å². The molecule has 0 fully saturated rings. The van der Waals surface area contributed by atoms with Crippen LogP contribution < -0.4 is 16.2 Å². The summed E-state index contributed by atoms with van der Waals surface area (Å²) in [5.74, 6) is 0.770. The van der Waals surface area contributed by atoms with Crippen molar-refractivity contribution in [3.8, 4) is 5.75 Å². The van der Waals surface area contributed by atoms with E-state index in [9.17, 15) is 0 Å². The highest BCUT2D eigenvalue weighted by Gasteiger charge is 2.02. The monoisotopic (exact) mass is 372 g/mol. The number of oxime groups is 2. The van der Waals surface area contributed by atoms with Crippen LogP contribution in [0, 0.1) is 0 Å². The summed E-state index contributed by atoms with van der Waals surface area (Å²) < 4.78 is 5.63. The van der Waals surface area contributed by atoms with Gasteiger partial charge in [0.05, 0.1) is 0 Å². The number of nitrogens with two attached hydrogens (primary N) is 2. The zero-order chi connectivity index (χ0) is 15.9. The van der Waals surface area contributed by atoms with Crippen LogP contribution >= 0.6 is 24.8 Å². The number of hydrogen-bond donors (Lipinski definition) is 4. The van der Waals surface area contributed by atoms with Gasteiger partial charge in [-0.15, -0.1) is 24.8 Å². The molecule has 0 heterocycles. The molecule has 0 radical (unpaired) electrons. The zero-order valence-corrected chi connectivity index (χ0v) is 14.1. The third-order valence-corrected chi connectivity index (χ3v) is 3.02. The summed E-state index contributed by atoms with van der Waals surface area (Å²) in [4.78, 5) is 0. The van der Waals surface area contributed by atoms with E-state index in [1.807, 2.05) is 12.1 Å². The fraction of sp³-hybridized carbons (Fsp3) is 0.0667. The van der Waals surface area contributed by atoms with Crippen molar-refractivity contribution in [3.63, 3.8) is 0 Å². The molecular weight excluding hydrogens is 355 g/mol. The lowest BCUT2D eigenvalue weighted by Gasteiger charge is -2.07. The van der Waals surface area contributed by atoms with E-state index in [0.29, 0.717) is 23.5 Å². The second-order valence-corrected chi connectivity index (χ2v) is 4.48. The predicted octanol–water partition coefficient (Wildman–Crippen LogP) is 2.30. The van der Waals surface area contributed by atoms with Crippen molar-refractivity contribution in [2.75, 3.05) is 0 Å². The molecular formula is C15H18Cl2N4O3. The standard InChI is InChI=1S/C15H16N4O3.2ClH/c16-14(18-20)11-3-1-10(2-4-11)9-22-13-7-5-12(6-8-13)15(17)19-21;;/h1-8,20-21H,9H2,(H2,16,18)(H2,17,19);2*1H. The van der Waals surface area contributed by atoms with Crippen molar-refractivity contribution in [1.29, 1.82) is 0 Å². The number of ether oxygens (including phenoxy) is 1. The molecule has 0 amide bonds. The molecule has 0 atom stereocenters. The van der Waals surface area contributed by atoms with E-state index in [1.165, 1.54) is 0 Å². The summed E-state index contributed by atoms with van der Waals surface area (Å²) in [5.41, 5.74) is 13.2. The number of benzene rings is 2. The Morgan fingerprint density at radius 3 is 1.62 bits per heavy atom. The van der Waals surface area contributed by atoms with E-state index >= 15 is 0 Å². The number of hydrogen-bond acceptors (Lipinski definition) is 5. The molecule has 2 aromatic rings. The molecule has 0 aliphatic carbocycles. The summed E-state index contributed by atoms with van der Waals surface area (Å²) >= 11 is 0. The second kappa shape index (κ2) is 10.2. The quantitative estimate of drug-likeness (QED) is 0.277. The Hall–Kier alpha value is -2.64. The van der Waals surface area contributed by atoms with Crippen LogP contribution in [0.25, 0.3) is 0 Å². The van der Waals surface area contributed by atoms with Crippen molar-refractivity contribution < 1.29 is 15.2 Å². The molecule has 0 aliphatic heterocycles. The smallest absolute Gasteiger partial charge is 0.170 e. The maximum atomic E-state index is 8.59. The number of halogens is 2. The molecule has 2 rings (SSSR count). The van der Waals surface area contributed by atoms with E-state index in [-0.39, 0.29) is 36.5 Å². The average Bonchev–Trinajstić information content (AvgIpc) is 2.59. The Morgan fingerprint density at radius 1 is 0.792 bits per heavy atom. The Bertz CT molecular complexity index is 627. The van der Waals surface area contributed by atoms with Crippen molar-refractivity contribution >= 4 is 36.5 Å². The summed E-state index contributed by atoms with van der Waals surface area (Å²) in [5, 5.41) is 23.0.